The molecule has 0 spiro atoms. The van der Waals surface area contributed by atoms with Gasteiger partial charge in [0.2, 0.25) is 0 Å². The first-order chi connectivity index (χ1) is 11.2. The number of rotatable bonds is 6. The number of aliphatic hydroxyl groups excluding tert-OH is 1. The highest BCUT2D eigenvalue weighted by Gasteiger charge is 2.13. The summed E-state index contributed by atoms with van der Waals surface area (Å²) < 4.78 is 6.20. The number of hydrogen-bond acceptors (Lipinski definition) is 6. The van der Waals surface area contributed by atoms with Gasteiger partial charge < -0.3 is 15.2 Å². The number of anilines is 1. The topological polar surface area (TPSA) is 67.3 Å². The minimum Gasteiger partial charge on any atom is -0.497 e. The van der Waals surface area contributed by atoms with Crippen molar-refractivity contribution in [2.45, 2.75) is 19.4 Å². The van der Waals surface area contributed by atoms with E-state index in [0.29, 0.717) is 0 Å². The lowest BCUT2D eigenvalue weighted by molar-refractivity contribution is 0.271. The summed E-state index contributed by atoms with van der Waals surface area (Å²) in [5.41, 5.74) is 2.03. The van der Waals surface area contributed by atoms with Crippen molar-refractivity contribution in [3.63, 3.8) is 0 Å². The molecule has 0 saturated carbocycles. The van der Waals surface area contributed by atoms with Crippen molar-refractivity contribution in [2.24, 2.45) is 0 Å². The van der Waals surface area contributed by atoms with Crippen LogP contribution in [0.4, 0.5) is 5.82 Å². The normalized spacial score (nSPS) is 12.3. The number of nitrogens with zero attached hydrogens (tertiary/aromatic N) is 2. The summed E-state index contributed by atoms with van der Waals surface area (Å²) in [6.45, 7) is 2.11. The van der Waals surface area contributed by atoms with E-state index in [9.17, 15) is 5.11 Å². The zero-order valence-electron chi connectivity index (χ0n) is 13.1. The van der Waals surface area contributed by atoms with Crippen LogP contribution in [0.2, 0.25) is 0 Å². The number of ether oxygens (including phenoxy) is 1. The van der Waals surface area contributed by atoms with Crippen LogP contribution in [0, 0.1) is 0 Å². The van der Waals surface area contributed by atoms with E-state index in [1.807, 2.05) is 31.2 Å². The largest absolute Gasteiger partial charge is 0.497 e. The highest BCUT2D eigenvalue weighted by molar-refractivity contribution is 7.22. The van der Waals surface area contributed by atoms with Gasteiger partial charge in [-0.05, 0) is 42.3 Å². The summed E-state index contributed by atoms with van der Waals surface area (Å²) in [5.74, 6) is 1.62. The zero-order valence-corrected chi connectivity index (χ0v) is 13.9. The molecule has 1 aromatic carbocycles. The molecule has 0 radical (unpaired) electrons. The maximum Gasteiger partial charge on any atom is 0.147 e. The Hall–Kier alpha value is -2.18. The SMILES string of the molecule is CCC(CO)Nc1ncnc2cc(-c3ccc(OC)cc3)sc12. The summed E-state index contributed by atoms with van der Waals surface area (Å²) in [6.07, 6.45) is 2.39. The van der Waals surface area contributed by atoms with Gasteiger partial charge in [0.05, 0.1) is 30.0 Å². The Morgan fingerprint density at radius 3 is 2.70 bits per heavy atom. The minimum atomic E-state index is -0.000337. The van der Waals surface area contributed by atoms with Gasteiger partial charge in [0, 0.05) is 4.88 Å². The van der Waals surface area contributed by atoms with E-state index in [0.717, 1.165) is 38.6 Å². The van der Waals surface area contributed by atoms with Crippen molar-refractivity contribution >= 4 is 27.4 Å². The van der Waals surface area contributed by atoms with E-state index in [2.05, 4.69) is 21.4 Å². The highest BCUT2D eigenvalue weighted by Crippen LogP contribution is 2.36. The monoisotopic (exact) mass is 329 g/mol. The summed E-state index contributed by atoms with van der Waals surface area (Å²) in [5, 5.41) is 12.7. The van der Waals surface area contributed by atoms with E-state index < -0.39 is 0 Å². The average molecular weight is 329 g/mol. The second-order valence-electron chi connectivity index (χ2n) is 5.21. The Kier molecular flexibility index (Phi) is 4.73. The second-order valence-corrected chi connectivity index (χ2v) is 6.26. The fourth-order valence-electron chi connectivity index (χ4n) is 2.32. The third kappa shape index (κ3) is 3.28. The molecule has 0 aliphatic carbocycles. The van der Waals surface area contributed by atoms with Crippen LogP contribution in [0.25, 0.3) is 20.7 Å². The summed E-state index contributed by atoms with van der Waals surface area (Å²) in [7, 11) is 1.66. The van der Waals surface area contributed by atoms with Crippen LogP contribution in [0.3, 0.4) is 0 Å². The number of nitrogens with one attached hydrogen (secondary N) is 1. The predicted octanol–water partition coefficient (Wildman–Crippen LogP) is 3.55. The summed E-state index contributed by atoms with van der Waals surface area (Å²) in [4.78, 5) is 9.81. The number of fused-ring (bicyclic) bond motifs is 1. The van der Waals surface area contributed by atoms with Crippen LogP contribution >= 0.6 is 11.3 Å². The Bertz CT molecular complexity index is 782. The third-order valence-corrected chi connectivity index (χ3v) is 4.92. The molecule has 3 aromatic rings. The molecule has 0 amide bonds. The average Bonchev–Trinajstić information content (AvgIpc) is 3.04. The molecular formula is C17H19N3O2S. The van der Waals surface area contributed by atoms with Gasteiger partial charge in [-0.1, -0.05) is 6.92 Å². The van der Waals surface area contributed by atoms with Crippen molar-refractivity contribution in [3.8, 4) is 16.2 Å². The van der Waals surface area contributed by atoms with Gasteiger partial charge in [-0.2, -0.15) is 0 Å². The lowest BCUT2D eigenvalue weighted by Crippen LogP contribution is -2.23. The first-order valence-corrected chi connectivity index (χ1v) is 8.33. The predicted molar refractivity (Wildman–Crippen MR) is 94.2 cm³/mol. The van der Waals surface area contributed by atoms with E-state index in [1.54, 1.807) is 24.8 Å². The highest BCUT2D eigenvalue weighted by atomic mass is 32.1. The maximum absolute atomic E-state index is 9.38. The van der Waals surface area contributed by atoms with Crippen molar-refractivity contribution in [2.75, 3.05) is 19.0 Å². The zero-order chi connectivity index (χ0) is 16.2. The Morgan fingerprint density at radius 2 is 2.04 bits per heavy atom. The molecule has 2 heterocycles. The smallest absolute Gasteiger partial charge is 0.147 e. The number of aromatic nitrogens is 2. The number of benzene rings is 1. The summed E-state index contributed by atoms with van der Waals surface area (Å²) >= 11 is 1.64. The molecule has 6 heteroatoms. The lowest BCUT2D eigenvalue weighted by Gasteiger charge is -2.14. The number of methoxy groups -OCH3 is 1. The number of thiophene rings is 1. The molecule has 2 N–H and O–H groups in total. The van der Waals surface area contributed by atoms with Gasteiger partial charge in [0.1, 0.15) is 17.9 Å². The second kappa shape index (κ2) is 6.93. The van der Waals surface area contributed by atoms with Crippen LogP contribution in [-0.2, 0) is 0 Å². The van der Waals surface area contributed by atoms with Crippen LogP contribution in [0.1, 0.15) is 13.3 Å². The fraction of sp³-hybridized carbons (Fsp3) is 0.294. The minimum absolute atomic E-state index is 0.000337. The maximum atomic E-state index is 9.38. The molecule has 1 unspecified atom stereocenters. The Morgan fingerprint density at radius 1 is 1.26 bits per heavy atom. The molecular weight excluding hydrogens is 310 g/mol. The van der Waals surface area contributed by atoms with Gasteiger partial charge in [0.25, 0.3) is 0 Å². The quantitative estimate of drug-likeness (QED) is 0.724. The molecule has 120 valence electrons. The van der Waals surface area contributed by atoms with Gasteiger partial charge >= 0.3 is 0 Å². The van der Waals surface area contributed by atoms with E-state index in [-0.39, 0.29) is 12.6 Å². The fourth-order valence-corrected chi connectivity index (χ4v) is 3.39. The Labute approximate surface area is 139 Å². The molecule has 23 heavy (non-hydrogen) atoms. The molecule has 5 nitrogen and oxygen atoms in total. The molecule has 3 rings (SSSR count). The summed E-state index contributed by atoms with van der Waals surface area (Å²) in [6, 6.07) is 10.0. The van der Waals surface area contributed by atoms with E-state index in [4.69, 9.17) is 4.74 Å². The first-order valence-electron chi connectivity index (χ1n) is 7.51. The van der Waals surface area contributed by atoms with Gasteiger partial charge in [-0.3, -0.25) is 0 Å². The van der Waals surface area contributed by atoms with Gasteiger partial charge in [-0.25, -0.2) is 9.97 Å². The number of aliphatic hydroxyl groups is 1. The Balaban J connectivity index is 1.97. The van der Waals surface area contributed by atoms with Crippen molar-refractivity contribution in [1.82, 2.24) is 9.97 Å². The van der Waals surface area contributed by atoms with E-state index >= 15 is 0 Å². The first kappa shape index (κ1) is 15.7. The molecule has 2 aromatic heterocycles. The molecule has 1 atom stereocenters. The van der Waals surface area contributed by atoms with Crippen molar-refractivity contribution < 1.29 is 9.84 Å². The van der Waals surface area contributed by atoms with Crippen molar-refractivity contribution in [1.29, 1.82) is 0 Å². The molecule has 0 aliphatic rings. The van der Waals surface area contributed by atoms with Crippen LogP contribution in [-0.4, -0.2) is 34.8 Å². The number of hydrogen-bond donors (Lipinski definition) is 2. The lowest BCUT2D eigenvalue weighted by atomic mass is 10.2. The standard InChI is InChI=1S/C17H19N3O2S/c1-3-12(9-21)20-17-16-14(18-10-19-17)8-15(23-16)11-4-6-13(22-2)7-5-11/h4-8,10,12,21H,3,9H2,1-2H3,(H,18,19,20). The molecule has 0 fully saturated rings. The molecule has 0 aliphatic heterocycles. The van der Waals surface area contributed by atoms with Crippen LogP contribution < -0.4 is 10.1 Å². The van der Waals surface area contributed by atoms with Crippen LogP contribution in [0.5, 0.6) is 5.75 Å². The van der Waals surface area contributed by atoms with Gasteiger partial charge in [-0.15, -0.1) is 11.3 Å². The van der Waals surface area contributed by atoms with Gasteiger partial charge in [0.15, 0.2) is 0 Å². The van der Waals surface area contributed by atoms with Crippen molar-refractivity contribution in [3.05, 3.63) is 36.7 Å². The molecule has 0 saturated heterocycles. The molecule has 0 bridgehead atoms. The van der Waals surface area contributed by atoms with Crippen LogP contribution in [0.15, 0.2) is 36.7 Å². The third-order valence-electron chi connectivity index (χ3n) is 3.74. The van der Waals surface area contributed by atoms with E-state index in [1.165, 1.54) is 0 Å².